The first-order chi connectivity index (χ1) is 5.24. The van der Waals surface area contributed by atoms with Crippen LogP contribution in [-0.2, 0) is 0 Å². The maximum absolute atomic E-state index is 5.77. The van der Waals surface area contributed by atoms with Crippen LogP contribution in [-0.4, -0.2) is 5.88 Å². The zero-order valence-electron chi connectivity index (χ0n) is 6.26. The summed E-state index contributed by atoms with van der Waals surface area (Å²) in [5.41, 5.74) is 2.23. The van der Waals surface area contributed by atoms with Crippen LogP contribution in [0.3, 0.4) is 0 Å². The van der Waals surface area contributed by atoms with Gasteiger partial charge in [0.25, 0.3) is 0 Å². The molecule has 0 amide bonds. The van der Waals surface area contributed by atoms with Crippen molar-refractivity contribution in [1.29, 1.82) is 0 Å². The van der Waals surface area contributed by atoms with Crippen molar-refractivity contribution in [2.24, 2.45) is 0 Å². The van der Waals surface area contributed by atoms with Crippen molar-refractivity contribution in [2.75, 3.05) is 11.2 Å². The van der Waals surface area contributed by atoms with E-state index in [1.807, 2.05) is 25.1 Å². The van der Waals surface area contributed by atoms with E-state index in [-0.39, 0.29) is 0 Å². The van der Waals surface area contributed by atoms with Gasteiger partial charge in [-0.15, -0.1) is 0 Å². The molecule has 0 saturated carbocycles. The lowest BCUT2D eigenvalue weighted by Crippen LogP contribution is -1.95. The van der Waals surface area contributed by atoms with Crippen LogP contribution >= 0.6 is 24.2 Å². The van der Waals surface area contributed by atoms with Crippen molar-refractivity contribution in [1.82, 2.24) is 0 Å². The zero-order valence-corrected chi connectivity index (χ0v) is 7.91. The van der Waals surface area contributed by atoms with E-state index in [0.717, 1.165) is 16.3 Å². The third-order valence-electron chi connectivity index (χ3n) is 1.46. The number of halogens is 1. The molecule has 0 fully saturated rings. The van der Waals surface area contributed by atoms with Crippen molar-refractivity contribution >= 4 is 29.9 Å². The Morgan fingerprint density at radius 1 is 1.55 bits per heavy atom. The lowest BCUT2D eigenvalue weighted by Gasteiger charge is -2.05. The van der Waals surface area contributed by atoms with Crippen molar-refractivity contribution in [3.8, 4) is 0 Å². The number of benzene rings is 1. The number of hydrogen-bond donors (Lipinski definition) is 2. The average Bonchev–Trinajstić information content (AvgIpc) is 1.95. The van der Waals surface area contributed by atoms with Gasteiger partial charge in [0.05, 0.1) is 5.88 Å². The van der Waals surface area contributed by atoms with E-state index in [1.165, 1.54) is 0 Å². The van der Waals surface area contributed by atoms with Gasteiger partial charge < -0.3 is 5.32 Å². The largest absolute Gasteiger partial charge is 0.376 e. The van der Waals surface area contributed by atoms with Gasteiger partial charge >= 0.3 is 0 Å². The summed E-state index contributed by atoms with van der Waals surface area (Å²) in [6.45, 7) is 2.01. The molecule has 1 N–H and O–H groups in total. The molecule has 0 aliphatic rings. The van der Waals surface area contributed by atoms with Crippen molar-refractivity contribution in [2.45, 2.75) is 6.92 Å². The quantitative estimate of drug-likeness (QED) is 0.536. The van der Waals surface area contributed by atoms with Crippen molar-refractivity contribution in [3.05, 3.63) is 28.8 Å². The molecule has 0 atom stereocenters. The van der Waals surface area contributed by atoms with E-state index in [9.17, 15) is 0 Å². The van der Waals surface area contributed by atoms with Gasteiger partial charge in [-0.1, -0.05) is 11.6 Å². The van der Waals surface area contributed by atoms with Crippen LogP contribution in [0.2, 0.25) is 5.02 Å². The van der Waals surface area contributed by atoms with E-state index >= 15 is 0 Å². The summed E-state index contributed by atoms with van der Waals surface area (Å²) in [4.78, 5) is 0. The highest BCUT2D eigenvalue weighted by Gasteiger charge is 1.95. The van der Waals surface area contributed by atoms with Gasteiger partial charge in [-0.25, -0.2) is 0 Å². The highest BCUT2D eigenvalue weighted by atomic mass is 35.5. The molecule has 0 spiro atoms. The molecule has 0 unspecified atom stereocenters. The lowest BCUT2D eigenvalue weighted by molar-refractivity contribution is 1.39. The van der Waals surface area contributed by atoms with Crippen molar-refractivity contribution < 1.29 is 0 Å². The summed E-state index contributed by atoms with van der Waals surface area (Å²) in [6.07, 6.45) is 0. The summed E-state index contributed by atoms with van der Waals surface area (Å²) in [6, 6.07) is 5.74. The first-order valence-corrected chi connectivity index (χ1v) is 4.36. The minimum absolute atomic E-state index is 0.641. The van der Waals surface area contributed by atoms with Crippen molar-refractivity contribution in [3.63, 3.8) is 0 Å². The molecule has 0 aromatic heterocycles. The SMILES string of the molecule is Cc1cc(Cl)ccc1NCS. The first-order valence-electron chi connectivity index (χ1n) is 3.35. The molecular formula is C8H10ClNS. The molecule has 0 radical (unpaired) electrons. The van der Waals surface area contributed by atoms with Crippen LogP contribution in [0.15, 0.2) is 18.2 Å². The molecule has 0 aliphatic carbocycles. The maximum atomic E-state index is 5.77. The van der Waals surface area contributed by atoms with Gasteiger partial charge in [0.2, 0.25) is 0 Å². The molecule has 1 nitrogen and oxygen atoms in total. The van der Waals surface area contributed by atoms with Gasteiger partial charge in [0.1, 0.15) is 0 Å². The Morgan fingerprint density at radius 3 is 2.82 bits per heavy atom. The zero-order chi connectivity index (χ0) is 8.27. The van der Waals surface area contributed by atoms with Gasteiger partial charge in [-0.2, -0.15) is 12.6 Å². The fraction of sp³-hybridized carbons (Fsp3) is 0.250. The lowest BCUT2D eigenvalue weighted by atomic mass is 10.2. The average molecular weight is 188 g/mol. The van der Waals surface area contributed by atoms with E-state index < -0.39 is 0 Å². The minimum atomic E-state index is 0.641. The summed E-state index contributed by atoms with van der Waals surface area (Å²) < 4.78 is 0. The van der Waals surface area contributed by atoms with Gasteiger partial charge in [0.15, 0.2) is 0 Å². The number of hydrogen-bond acceptors (Lipinski definition) is 2. The van der Waals surface area contributed by atoms with Crippen LogP contribution in [0.1, 0.15) is 5.56 Å². The number of anilines is 1. The molecule has 0 bridgehead atoms. The summed E-state index contributed by atoms with van der Waals surface area (Å²) in [5.74, 6) is 0.641. The van der Waals surface area contributed by atoms with E-state index in [0.29, 0.717) is 5.88 Å². The first kappa shape index (κ1) is 8.75. The van der Waals surface area contributed by atoms with E-state index in [2.05, 4.69) is 17.9 Å². The molecule has 3 heteroatoms. The van der Waals surface area contributed by atoms with Crippen LogP contribution in [0.4, 0.5) is 5.69 Å². The van der Waals surface area contributed by atoms with Crippen LogP contribution in [0.5, 0.6) is 0 Å². The Labute approximate surface area is 77.2 Å². The highest BCUT2D eigenvalue weighted by Crippen LogP contribution is 2.19. The molecule has 1 rings (SSSR count). The monoisotopic (exact) mass is 187 g/mol. The number of aryl methyl sites for hydroxylation is 1. The normalized spacial score (nSPS) is 9.73. The van der Waals surface area contributed by atoms with Crippen LogP contribution in [0, 0.1) is 6.92 Å². The number of thiol groups is 1. The Bertz CT molecular complexity index is 250. The molecule has 0 saturated heterocycles. The smallest absolute Gasteiger partial charge is 0.0581 e. The predicted octanol–water partition coefficient (Wildman–Crippen LogP) is 2.95. The van der Waals surface area contributed by atoms with E-state index in [4.69, 9.17) is 11.6 Å². The third kappa shape index (κ3) is 2.31. The Hall–Kier alpha value is -0.340. The van der Waals surface area contributed by atoms with Crippen LogP contribution < -0.4 is 5.32 Å². The van der Waals surface area contributed by atoms with E-state index in [1.54, 1.807) is 0 Å². The summed E-state index contributed by atoms with van der Waals surface area (Å²) in [7, 11) is 0. The predicted molar refractivity (Wildman–Crippen MR) is 53.7 cm³/mol. The number of nitrogens with one attached hydrogen (secondary N) is 1. The topological polar surface area (TPSA) is 12.0 Å². The molecule has 60 valence electrons. The van der Waals surface area contributed by atoms with Crippen LogP contribution in [0.25, 0.3) is 0 Å². The second-order valence-corrected chi connectivity index (χ2v) is 3.05. The Morgan fingerprint density at radius 2 is 2.27 bits per heavy atom. The molecule has 0 heterocycles. The van der Waals surface area contributed by atoms with Gasteiger partial charge in [-0.05, 0) is 30.7 Å². The summed E-state index contributed by atoms with van der Waals surface area (Å²) >= 11 is 9.83. The second-order valence-electron chi connectivity index (χ2n) is 2.29. The number of rotatable bonds is 2. The van der Waals surface area contributed by atoms with Gasteiger partial charge in [0, 0.05) is 10.7 Å². The van der Waals surface area contributed by atoms with Gasteiger partial charge in [-0.3, -0.25) is 0 Å². The Kier molecular flexibility index (Phi) is 3.09. The molecule has 0 aliphatic heterocycles. The third-order valence-corrected chi connectivity index (χ3v) is 1.85. The minimum Gasteiger partial charge on any atom is -0.376 e. The second kappa shape index (κ2) is 3.88. The highest BCUT2D eigenvalue weighted by molar-refractivity contribution is 7.80. The molecule has 11 heavy (non-hydrogen) atoms. The standard InChI is InChI=1S/C8H10ClNS/c1-6-4-7(9)2-3-8(6)10-5-11/h2-4,10-11H,5H2,1H3. The Balaban J connectivity index is 2.90. The summed E-state index contributed by atoms with van der Waals surface area (Å²) in [5, 5.41) is 3.88. The maximum Gasteiger partial charge on any atom is 0.0581 e. The fourth-order valence-corrected chi connectivity index (χ4v) is 1.31. The molecule has 1 aromatic carbocycles. The molecular weight excluding hydrogens is 178 g/mol. The molecule has 1 aromatic rings. The fourth-order valence-electron chi connectivity index (χ4n) is 0.911.